The molecule has 0 aromatic heterocycles. The number of halogens is 1. The summed E-state index contributed by atoms with van der Waals surface area (Å²) in [6.07, 6.45) is 9.79. The van der Waals surface area contributed by atoms with Crippen LogP contribution in [0.4, 0.5) is 0 Å². The summed E-state index contributed by atoms with van der Waals surface area (Å²) in [6.45, 7) is 2.04. The number of hydrogen-bond acceptors (Lipinski definition) is 2. The molecule has 0 aromatic carbocycles. The summed E-state index contributed by atoms with van der Waals surface area (Å²) in [4.78, 5) is 4.74. The molecule has 1 fully saturated rings. The van der Waals surface area contributed by atoms with Crippen LogP contribution in [0.3, 0.4) is 0 Å². The zero-order valence-corrected chi connectivity index (χ0v) is 10.0. The summed E-state index contributed by atoms with van der Waals surface area (Å²) in [5, 5.41) is 3.85. The van der Waals surface area contributed by atoms with Gasteiger partial charge in [0.15, 0.2) is 0 Å². The highest BCUT2D eigenvalue weighted by atomic mass is 35.5. The van der Waals surface area contributed by atoms with E-state index in [0.717, 1.165) is 25.1 Å². The molecule has 1 aliphatic heterocycles. The van der Waals surface area contributed by atoms with E-state index in [1.165, 1.54) is 12.8 Å². The van der Waals surface area contributed by atoms with Crippen LogP contribution >= 0.6 is 11.6 Å². The number of nitrogens with one attached hydrogen (secondary N) is 1. The lowest BCUT2D eigenvalue weighted by molar-refractivity contribution is 0.500. The predicted octanol–water partition coefficient (Wildman–Crippen LogP) is 2.87. The quantitative estimate of drug-likeness (QED) is 0.568. The molecule has 3 heteroatoms. The van der Waals surface area contributed by atoms with Crippen LogP contribution in [0.1, 0.15) is 39.0 Å². The molecule has 84 valence electrons. The van der Waals surface area contributed by atoms with Crippen molar-refractivity contribution in [1.82, 2.24) is 5.32 Å². The Morgan fingerprint density at radius 1 is 1.53 bits per heavy atom. The molecule has 1 N–H and O–H groups in total. The first-order valence-corrected chi connectivity index (χ1v) is 6.31. The summed E-state index contributed by atoms with van der Waals surface area (Å²) in [7, 11) is 0. The van der Waals surface area contributed by atoms with Crippen LogP contribution in [0.2, 0.25) is 0 Å². The zero-order chi connectivity index (χ0) is 10.7. The Labute approximate surface area is 96.8 Å². The van der Waals surface area contributed by atoms with Gasteiger partial charge in [-0.2, -0.15) is 0 Å². The fourth-order valence-corrected chi connectivity index (χ4v) is 2.75. The van der Waals surface area contributed by atoms with Gasteiger partial charge in [-0.3, -0.25) is 4.99 Å². The van der Waals surface area contributed by atoms with Gasteiger partial charge in [-0.25, -0.2) is 0 Å². The van der Waals surface area contributed by atoms with Crippen molar-refractivity contribution >= 4 is 17.4 Å². The maximum Gasteiger partial charge on any atom is 0.101 e. The van der Waals surface area contributed by atoms with Crippen molar-refractivity contribution in [3.8, 4) is 0 Å². The fraction of sp³-hybridized carbons (Fsp3) is 0.750. The van der Waals surface area contributed by atoms with Gasteiger partial charge in [0.1, 0.15) is 5.84 Å². The monoisotopic (exact) mass is 226 g/mol. The van der Waals surface area contributed by atoms with E-state index in [-0.39, 0.29) is 0 Å². The standard InChI is InChI=1S/C12H19ClN2/c1-2-3-7-12-14-10-6-4-5-9(13)8-11(10)15-12/h2-3,9-11H,4-8H2,1H3,(H,14,15)/b3-2+/t9?,10-,11?/m0/s1. The molecule has 0 aromatic rings. The molecule has 1 saturated carbocycles. The van der Waals surface area contributed by atoms with E-state index in [0.29, 0.717) is 17.5 Å². The van der Waals surface area contributed by atoms with Crippen molar-refractivity contribution in [1.29, 1.82) is 0 Å². The van der Waals surface area contributed by atoms with Crippen LogP contribution in [0.25, 0.3) is 0 Å². The van der Waals surface area contributed by atoms with E-state index < -0.39 is 0 Å². The predicted molar refractivity (Wildman–Crippen MR) is 65.7 cm³/mol. The number of rotatable bonds is 2. The van der Waals surface area contributed by atoms with Crippen molar-refractivity contribution in [3.05, 3.63) is 12.2 Å². The maximum atomic E-state index is 6.23. The van der Waals surface area contributed by atoms with E-state index in [2.05, 4.69) is 17.5 Å². The maximum absolute atomic E-state index is 6.23. The molecule has 1 heterocycles. The molecule has 0 spiro atoms. The summed E-state index contributed by atoms with van der Waals surface area (Å²) in [6, 6.07) is 0.976. The second-order valence-corrected chi connectivity index (χ2v) is 5.05. The number of allylic oxidation sites excluding steroid dienone is 1. The van der Waals surface area contributed by atoms with E-state index in [9.17, 15) is 0 Å². The highest BCUT2D eigenvalue weighted by Crippen LogP contribution is 2.27. The second kappa shape index (κ2) is 5.02. The van der Waals surface area contributed by atoms with Gasteiger partial charge in [0.25, 0.3) is 0 Å². The van der Waals surface area contributed by atoms with Crippen molar-refractivity contribution in [2.45, 2.75) is 56.5 Å². The Kier molecular flexibility index (Phi) is 3.68. The largest absolute Gasteiger partial charge is 0.369 e. The minimum Gasteiger partial charge on any atom is -0.369 e. The topological polar surface area (TPSA) is 24.4 Å². The highest BCUT2D eigenvalue weighted by Gasteiger charge is 2.31. The van der Waals surface area contributed by atoms with Crippen LogP contribution in [-0.4, -0.2) is 23.3 Å². The number of amidine groups is 1. The number of fused-ring (bicyclic) bond motifs is 1. The second-order valence-electron chi connectivity index (χ2n) is 4.43. The first-order valence-electron chi connectivity index (χ1n) is 5.88. The van der Waals surface area contributed by atoms with Gasteiger partial charge in [-0.1, -0.05) is 12.2 Å². The summed E-state index contributed by atoms with van der Waals surface area (Å²) in [5.41, 5.74) is 0. The number of hydrogen-bond donors (Lipinski definition) is 1. The molecular weight excluding hydrogens is 208 g/mol. The Bertz CT molecular complexity index is 273. The molecule has 3 atom stereocenters. The Hall–Kier alpha value is -0.500. The summed E-state index contributed by atoms with van der Waals surface area (Å²) < 4.78 is 0. The van der Waals surface area contributed by atoms with Gasteiger partial charge in [-0.15, -0.1) is 11.6 Å². The highest BCUT2D eigenvalue weighted by molar-refractivity contribution is 6.20. The van der Waals surface area contributed by atoms with Crippen LogP contribution in [0, 0.1) is 0 Å². The van der Waals surface area contributed by atoms with Gasteiger partial charge < -0.3 is 5.32 Å². The molecule has 2 rings (SSSR count). The summed E-state index contributed by atoms with van der Waals surface area (Å²) >= 11 is 6.23. The molecule has 1 aliphatic carbocycles. The van der Waals surface area contributed by atoms with Crippen molar-refractivity contribution < 1.29 is 0 Å². The molecule has 0 radical (unpaired) electrons. The van der Waals surface area contributed by atoms with E-state index in [4.69, 9.17) is 16.6 Å². The van der Waals surface area contributed by atoms with Gasteiger partial charge in [0, 0.05) is 11.8 Å². The smallest absolute Gasteiger partial charge is 0.101 e. The minimum absolute atomic E-state index is 0.337. The molecule has 0 bridgehead atoms. The van der Waals surface area contributed by atoms with Crippen molar-refractivity contribution in [2.75, 3.05) is 0 Å². The third-order valence-corrected chi connectivity index (χ3v) is 3.61. The van der Waals surface area contributed by atoms with E-state index >= 15 is 0 Å². The molecule has 2 unspecified atom stereocenters. The van der Waals surface area contributed by atoms with Crippen LogP contribution < -0.4 is 5.32 Å². The SMILES string of the molecule is C/C=C/CC1=N[C@H]2CCCC(Cl)CC2N1. The lowest BCUT2D eigenvalue weighted by Crippen LogP contribution is -2.35. The lowest BCUT2D eigenvalue weighted by Gasteiger charge is -2.16. The number of nitrogens with zero attached hydrogens (tertiary/aromatic N) is 1. The summed E-state index contributed by atoms with van der Waals surface area (Å²) in [5.74, 6) is 1.15. The van der Waals surface area contributed by atoms with Gasteiger partial charge in [-0.05, 0) is 32.6 Å². The molecule has 0 amide bonds. The van der Waals surface area contributed by atoms with Gasteiger partial charge >= 0.3 is 0 Å². The molecule has 2 aliphatic rings. The molecule has 0 saturated heterocycles. The fourth-order valence-electron chi connectivity index (χ4n) is 2.40. The molecule has 2 nitrogen and oxygen atoms in total. The third kappa shape index (κ3) is 2.75. The van der Waals surface area contributed by atoms with Crippen LogP contribution in [-0.2, 0) is 0 Å². The number of alkyl halides is 1. The van der Waals surface area contributed by atoms with Gasteiger partial charge in [0.2, 0.25) is 0 Å². The van der Waals surface area contributed by atoms with E-state index in [1.807, 2.05) is 6.92 Å². The average Bonchev–Trinajstić information content (AvgIpc) is 2.50. The van der Waals surface area contributed by atoms with Crippen LogP contribution in [0.15, 0.2) is 17.1 Å². The first-order chi connectivity index (χ1) is 7.29. The Morgan fingerprint density at radius 3 is 3.20 bits per heavy atom. The normalized spacial score (nSPS) is 35.9. The lowest BCUT2D eigenvalue weighted by atomic mass is 10.1. The van der Waals surface area contributed by atoms with Crippen molar-refractivity contribution in [3.63, 3.8) is 0 Å². The van der Waals surface area contributed by atoms with Crippen LogP contribution in [0.5, 0.6) is 0 Å². The van der Waals surface area contributed by atoms with E-state index in [1.54, 1.807) is 0 Å². The van der Waals surface area contributed by atoms with Gasteiger partial charge in [0.05, 0.1) is 12.1 Å². The first kappa shape index (κ1) is 11.0. The molecular formula is C12H19ClN2. The number of aliphatic imine (C=N–C) groups is 1. The average molecular weight is 227 g/mol. The Morgan fingerprint density at radius 2 is 2.40 bits per heavy atom. The minimum atomic E-state index is 0.337. The third-order valence-electron chi connectivity index (χ3n) is 3.21. The molecule has 15 heavy (non-hydrogen) atoms. The van der Waals surface area contributed by atoms with Crippen molar-refractivity contribution in [2.24, 2.45) is 4.99 Å². The Balaban J connectivity index is 1.96. The zero-order valence-electron chi connectivity index (χ0n) is 9.25.